The Morgan fingerprint density at radius 3 is 2.61 bits per heavy atom. The van der Waals surface area contributed by atoms with E-state index >= 15 is 0 Å². The zero-order chi connectivity index (χ0) is 26.8. The quantitative estimate of drug-likeness (QED) is 0.339. The van der Waals surface area contributed by atoms with Crippen molar-refractivity contribution in [2.75, 3.05) is 32.1 Å². The molecule has 10 nitrogen and oxygen atoms in total. The first-order valence-corrected chi connectivity index (χ1v) is 13.8. The van der Waals surface area contributed by atoms with Crippen LogP contribution in [0.4, 0.5) is 5.13 Å². The minimum absolute atomic E-state index is 0.0338. The van der Waals surface area contributed by atoms with Crippen LogP contribution in [0.1, 0.15) is 57.5 Å². The second-order valence-electron chi connectivity index (χ2n) is 9.10. The Bertz CT molecular complexity index is 1510. The zero-order valence-electron chi connectivity index (χ0n) is 21.2. The number of piperidine rings is 1. The summed E-state index contributed by atoms with van der Waals surface area (Å²) in [5.41, 5.74) is 1.44. The van der Waals surface area contributed by atoms with Crippen LogP contribution in [-0.4, -0.2) is 69.1 Å². The fourth-order valence-corrected chi connectivity index (χ4v) is 6.03. The number of para-hydroxylation sites is 1. The molecule has 0 aliphatic carbocycles. The van der Waals surface area contributed by atoms with Crippen molar-refractivity contribution in [1.29, 1.82) is 0 Å². The lowest BCUT2D eigenvalue weighted by Gasteiger charge is -2.31. The van der Waals surface area contributed by atoms with E-state index in [1.165, 1.54) is 23.2 Å². The molecule has 1 saturated heterocycles. The number of ketones is 1. The molecule has 0 saturated carbocycles. The molecule has 0 N–H and O–H groups in total. The summed E-state index contributed by atoms with van der Waals surface area (Å²) in [4.78, 5) is 54.2. The highest BCUT2D eigenvalue weighted by atomic mass is 32.1. The third kappa shape index (κ3) is 5.27. The molecule has 38 heavy (non-hydrogen) atoms. The van der Waals surface area contributed by atoms with Crippen LogP contribution in [0, 0.1) is 0 Å². The molecule has 4 aromatic rings. The van der Waals surface area contributed by atoms with Crippen LogP contribution in [-0.2, 0) is 11.2 Å². The number of carbonyl (C=O) groups excluding carboxylic acids is 3. The number of aromatic nitrogens is 4. The van der Waals surface area contributed by atoms with Crippen molar-refractivity contribution in [3.8, 4) is 5.75 Å². The van der Waals surface area contributed by atoms with Crippen LogP contribution < -0.4 is 9.64 Å². The van der Waals surface area contributed by atoms with Gasteiger partial charge in [0.05, 0.1) is 24.1 Å². The molecular formula is C26H26N6O4S2. The fourth-order valence-electron chi connectivity index (χ4n) is 4.42. The third-order valence-corrected chi connectivity index (χ3v) is 8.28. The highest BCUT2D eigenvalue weighted by molar-refractivity contribution is 7.10. The van der Waals surface area contributed by atoms with Crippen molar-refractivity contribution in [2.24, 2.45) is 0 Å². The summed E-state index contributed by atoms with van der Waals surface area (Å²) in [6, 6.07) is 9.30. The van der Waals surface area contributed by atoms with E-state index < -0.39 is 0 Å². The number of Topliss-reactive ketones (excluding diaryl/α,β-unsaturated/α-hetero) is 1. The molecule has 2 amide bonds. The topological polar surface area (TPSA) is 118 Å². The molecule has 196 valence electrons. The van der Waals surface area contributed by atoms with Crippen LogP contribution in [0.3, 0.4) is 0 Å². The van der Waals surface area contributed by atoms with Crippen molar-refractivity contribution in [3.63, 3.8) is 0 Å². The number of likely N-dealkylation sites (tertiary alicyclic amines) is 1. The summed E-state index contributed by atoms with van der Waals surface area (Å²) >= 11 is 2.53. The van der Waals surface area contributed by atoms with Gasteiger partial charge >= 0.3 is 0 Å². The highest BCUT2D eigenvalue weighted by Gasteiger charge is 2.29. The van der Waals surface area contributed by atoms with Gasteiger partial charge in [0.25, 0.3) is 11.8 Å². The number of methoxy groups -OCH3 is 1. The van der Waals surface area contributed by atoms with E-state index in [9.17, 15) is 14.4 Å². The molecule has 0 atom stereocenters. The number of hydrogen-bond donors (Lipinski definition) is 0. The normalized spacial score (nSPS) is 14.0. The largest absolute Gasteiger partial charge is 0.496 e. The number of benzene rings is 1. The van der Waals surface area contributed by atoms with E-state index in [0.29, 0.717) is 41.2 Å². The number of ether oxygens (including phenoxy) is 1. The van der Waals surface area contributed by atoms with Gasteiger partial charge in [-0.05, 0) is 31.9 Å². The molecule has 4 heterocycles. The summed E-state index contributed by atoms with van der Waals surface area (Å²) in [5.74, 6) is 0.775. The van der Waals surface area contributed by atoms with E-state index in [1.807, 2.05) is 29.2 Å². The molecule has 3 aromatic heterocycles. The lowest BCUT2D eigenvalue weighted by Crippen LogP contribution is -2.38. The van der Waals surface area contributed by atoms with Gasteiger partial charge in [-0.3, -0.25) is 19.3 Å². The van der Waals surface area contributed by atoms with Crippen molar-refractivity contribution < 1.29 is 19.1 Å². The van der Waals surface area contributed by atoms with Crippen LogP contribution in [0.15, 0.2) is 35.7 Å². The molecule has 12 heteroatoms. The van der Waals surface area contributed by atoms with Gasteiger partial charge in [0, 0.05) is 54.4 Å². The fraction of sp³-hybridized carbons (Fsp3) is 0.346. The van der Waals surface area contributed by atoms with E-state index in [2.05, 4.69) is 19.3 Å². The average Bonchev–Trinajstić information content (AvgIpc) is 3.61. The Morgan fingerprint density at radius 1 is 1.11 bits per heavy atom. The summed E-state index contributed by atoms with van der Waals surface area (Å²) in [6.45, 7) is 2.63. The number of fused-ring (bicyclic) bond motifs is 1. The first-order valence-electron chi connectivity index (χ1n) is 12.1. The number of pyridine rings is 1. The number of hydrogen-bond acceptors (Lipinski definition) is 10. The van der Waals surface area contributed by atoms with Gasteiger partial charge in [-0.25, -0.2) is 15.0 Å². The Balaban J connectivity index is 1.22. The summed E-state index contributed by atoms with van der Waals surface area (Å²) in [6.07, 6.45) is 1.64. The first-order chi connectivity index (χ1) is 18.3. The number of thiazole rings is 1. The van der Waals surface area contributed by atoms with Crippen LogP contribution in [0.2, 0.25) is 0 Å². The van der Waals surface area contributed by atoms with Gasteiger partial charge in [0.15, 0.2) is 5.82 Å². The summed E-state index contributed by atoms with van der Waals surface area (Å²) < 4.78 is 9.65. The molecular weight excluding hydrogens is 524 g/mol. The standard InChI is InChI=1S/C26H26N6O4S2/c1-15(33)12-22-29-26(38-30-22)31(2)24(34)20-14-37-23(28-20)16-8-10-32(11-9-16)25(35)19-13-21(36-3)17-6-4-5-7-18(17)27-19/h4-7,13-14,16H,8-12H2,1-3H3. The number of amides is 2. The Morgan fingerprint density at radius 2 is 1.87 bits per heavy atom. The molecule has 0 radical (unpaired) electrons. The Hall–Kier alpha value is -3.77. The third-order valence-electron chi connectivity index (χ3n) is 6.45. The summed E-state index contributed by atoms with van der Waals surface area (Å²) in [7, 11) is 3.21. The number of carbonyl (C=O) groups is 3. The average molecular weight is 551 g/mol. The molecule has 0 spiro atoms. The second-order valence-corrected chi connectivity index (χ2v) is 10.7. The van der Waals surface area contributed by atoms with Crippen LogP contribution in [0.5, 0.6) is 5.75 Å². The predicted octanol–water partition coefficient (Wildman–Crippen LogP) is 3.98. The number of nitrogens with zero attached hydrogens (tertiary/aromatic N) is 6. The maximum Gasteiger partial charge on any atom is 0.279 e. The molecule has 0 unspecified atom stereocenters. The molecule has 1 fully saturated rings. The molecule has 1 aliphatic rings. The minimum Gasteiger partial charge on any atom is -0.496 e. The van der Waals surface area contributed by atoms with Gasteiger partial charge in [-0.15, -0.1) is 11.3 Å². The zero-order valence-corrected chi connectivity index (χ0v) is 22.8. The predicted molar refractivity (Wildman–Crippen MR) is 145 cm³/mol. The SMILES string of the molecule is COc1cc(C(=O)N2CCC(c3nc(C(=O)N(C)c4nc(CC(C)=O)ns4)cs3)CC2)nc2ccccc12. The second kappa shape index (κ2) is 10.9. The summed E-state index contributed by atoms with van der Waals surface area (Å²) in [5, 5.41) is 3.93. The van der Waals surface area contributed by atoms with Crippen LogP contribution in [0.25, 0.3) is 10.9 Å². The van der Waals surface area contributed by atoms with Crippen molar-refractivity contribution >= 4 is 56.5 Å². The van der Waals surface area contributed by atoms with Crippen molar-refractivity contribution in [1.82, 2.24) is 24.2 Å². The maximum absolute atomic E-state index is 13.2. The Kier molecular flexibility index (Phi) is 7.43. The number of rotatable bonds is 7. The smallest absolute Gasteiger partial charge is 0.279 e. The lowest BCUT2D eigenvalue weighted by atomic mass is 9.97. The van der Waals surface area contributed by atoms with E-state index in [-0.39, 0.29) is 29.9 Å². The van der Waals surface area contributed by atoms with E-state index in [0.717, 1.165) is 40.3 Å². The van der Waals surface area contributed by atoms with Crippen molar-refractivity contribution in [3.05, 3.63) is 57.9 Å². The van der Waals surface area contributed by atoms with Gasteiger partial charge in [-0.2, -0.15) is 4.37 Å². The minimum atomic E-state index is -0.276. The number of anilines is 1. The van der Waals surface area contributed by atoms with Gasteiger partial charge in [0.1, 0.15) is 22.9 Å². The lowest BCUT2D eigenvalue weighted by molar-refractivity contribution is -0.116. The Labute approximate surface area is 227 Å². The maximum atomic E-state index is 13.2. The first kappa shape index (κ1) is 25.9. The molecule has 1 aromatic carbocycles. The highest BCUT2D eigenvalue weighted by Crippen LogP contribution is 2.32. The van der Waals surface area contributed by atoms with Gasteiger partial charge in [0.2, 0.25) is 5.13 Å². The monoisotopic (exact) mass is 550 g/mol. The molecule has 1 aliphatic heterocycles. The van der Waals surface area contributed by atoms with Gasteiger partial charge in [-0.1, -0.05) is 12.1 Å². The molecule has 0 bridgehead atoms. The van der Waals surface area contributed by atoms with Gasteiger partial charge < -0.3 is 9.64 Å². The van der Waals surface area contributed by atoms with Crippen molar-refractivity contribution in [2.45, 2.75) is 32.1 Å². The van der Waals surface area contributed by atoms with Crippen LogP contribution >= 0.6 is 22.9 Å². The molecule has 5 rings (SSSR count). The van der Waals surface area contributed by atoms with E-state index in [4.69, 9.17) is 4.74 Å². The van der Waals surface area contributed by atoms with E-state index in [1.54, 1.807) is 25.6 Å².